The van der Waals surface area contributed by atoms with Crippen LogP contribution in [-0.2, 0) is 0 Å². The SMILES string of the molecule is C#Cc1c(/C=C2\C=c3ccccc3=C3C=CC=CC32)c2ccc3c4ccccc4n(-c4ccc5c(c4)c4ccccc4n5-c4ccccc4)c3c2n1C1C=CC=CC1=C. The molecule has 0 aliphatic heterocycles. The van der Waals surface area contributed by atoms with Crippen molar-refractivity contribution in [3.05, 3.63) is 221 Å². The van der Waals surface area contributed by atoms with E-state index in [1.807, 2.05) is 0 Å². The smallest absolute Gasteiger partial charge is 0.101 e. The number of fused-ring (bicyclic) bond motifs is 10. The Labute approximate surface area is 341 Å². The van der Waals surface area contributed by atoms with Gasteiger partial charge < -0.3 is 13.7 Å². The molecular formula is C56H37N3. The molecule has 0 amide bonds. The minimum atomic E-state index is -0.167. The van der Waals surface area contributed by atoms with E-state index in [1.165, 1.54) is 54.2 Å². The Morgan fingerprint density at radius 2 is 1.27 bits per heavy atom. The first-order valence-electron chi connectivity index (χ1n) is 20.2. The molecule has 3 nitrogen and oxygen atoms in total. The number of aromatic nitrogens is 3. The molecule has 2 unspecified atom stereocenters. The lowest BCUT2D eigenvalue weighted by Crippen LogP contribution is -2.33. The first-order chi connectivity index (χ1) is 29.2. The van der Waals surface area contributed by atoms with Gasteiger partial charge in [-0.3, -0.25) is 0 Å². The third-order valence-electron chi connectivity index (χ3n) is 12.6. The van der Waals surface area contributed by atoms with E-state index in [-0.39, 0.29) is 12.0 Å². The Bertz CT molecular complexity index is 3640. The van der Waals surface area contributed by atoms with Crippen molar-refractivity contribution in [3.63, 3.8) is 0 Å². The molecule has 0 radical (unpaired) electrons. The first kappa shape index (κ1) is 33.4. The fraction of sp³-hybridized carbons (Fsp3) is 0.0357. The van der Waals surface area contributed by atoms with Gasteiger partial charge in [-0.2, -0.15) is 0 Å². The van der Waals surface area contributed by atoms with E-state index in [9.17, 15) is 0 Å². The van der Waals surface area contributed by atoms with Crippen molar-refractivity contribution in [2.75, 3.05) is 0 Å². The van der Waals surface area contributed by atoms with E-state index >= 15 is 0 Å². The fourth-order valence-corrected chi connectivity index (χ4v) is 10.0. The lowest BCUT2D eigenvalue weighted by atomic mass is 9.81. The predicted molar refractivity (Wildman–Crippen MR) is 248 cm³/mol. The number of rotatable bonds is 4. The van der Waals surface area contributed by atoms with Crippen molar-refractivity contribution in [2.24, 2.45) is 5.92 Å². The molecule has 3 heteroatoms. The number of para-hydroxylation sites is 3. The number of hydrogen-bond donors (Lipinski definition) is 0. The Hall–Kier alpha value is -7.80. The maximum atomic E-state index is 6.69. The maximum Gasteiger partial charge on any atom is 0.101 e. The molecule has 3 aliphatic rings. The van der Waals surface area contributed by atoms with Crippen LogP contribution in [0, 0.1) is 18.3 Å². The third-order valence-corrected chi connectivity index (χ3v) is 12.6. The topological polar surface area (TPSA) is 14.8 Å². The highest BCUT2D eigenvalue weighted by atomic mass is 15.1. The minimum absolute atomic E-state index is 0.117. The molecule has 3 aliphatic carbocycles. The summed E-state index contributed by atoms with van der Waals surface area (Å²) in [4.78, 5) is 0. The van der Waals surface area contributed by atoms with Crippen molar-refractivity contribution in [1.82, 2.24) is 13.7 Å². The Morgan fingerprint density at radius 3 is 2.10 bits per heavy atom. The van der Waals surface area contributed by atoms with Gasteiger partial charge in [-0.1, -0.05) is 158 Å². The molecule has 0 spiro atoms. The average Bonchev–Trinajstić information content (AvgIpc) is 3.92. The van der Waals surface area contributed by atoms with Crippen molar-refractivity contribution >= 4 is 72.2 Å². The normalized spacial score (nSPS) is 17.7. The van der Waals surface area contributed by atoms with Gasteiger partial charge in [-0.05, 0) is 75.7 Å². The number of allylic oxidation sites excluding steroid dienone is 10. The highest BCUT2D eigenvalue weighted by Gasteiger charge is 2.28. The number of terminal acetylenes is 1. The van der Waals surface area contributed by atoms with Crippen LogP contribution in [0.1, 0.15) is 17.3 Å². The minimum Gasteiger partial charge on any atom is -0.321 e. The van der Waals surface area contributed by atoms with Crippen molar-refractivity contribution in [2.45, 2.75) is 6.04 Å². The van der Waals surface area contributed by atoms with E-state index in [0.29, 0.717) is 0 Å². The van der Waals surface area contributed by atoms with E-state index in [1.54, 1.807) is 0 Å². The molecule has 2 atom stereocenters. The molecule has 0 bridgehead atoms. The summed E-state index contributed by atoms with van der Waals surface area (Å²) in [6.07, 6.45) is 28.8. The van der Waals surface area contributed by atoms with Crippen LogP contribution in [0.5, 0.6) is 0 Å². The van der Waals surface area contributed by atoms with Crippen LogP contribution in [0.4, 0.5) is 0 Å². The molecule has 3 aromatic heterocycles. The molecule has 6 aromatic carbocycles. The summed E-state index contributed by atoms with van der Waals surface area (Å²) in [7, 11) is 0. The van der Waals surface area contributed by atoms with E-state index in [2.05, 4.69) is 220 Å². The van der Waals surface area contributed by atoms with E-state index in [0.717, 1.165) is 50.1 Å². The predicted octanol–water partition coefficient (Wildman–Crippen LogP) is 11.8. The van der Waals surface area contributed by atoms with Gasteiger partial charge in [0, 0.05) is 49.8 Å². The zero-order valence-corrected chi connectivity index (χ0v) is 32.3. The monoisotopic (exact) mass is 751 g/mol. The summed E-state index contributed by atoms with van der Waals surface area (Å²) in [6, 6.07) is 48.2. The Morgan fingerprint density at radius 1 is 0.576 bits per heavy atom. The molecular weight excluding hydrogens is 715 g/mol. The first-order valence-corrected chi connectivity index (χ1v) is 20.2. The summed E-state index contributed by atoms with van der Waals surface area (Å²) in [5, 5.41) is 8.40. The van der Waals surface area contributed by atoms with Gasteiger partial charge in [-0.25, -0.2) is 0 Å². The largest absolute Gasteiger partial charge is 0.321 e. The van der Waals surface area contributed by atoms with Crippen LogP contribution in [0.25, 0.3) is 83.6 Å². The van der Waals surface area contributed by atoms with Crippen LogP contribution in [0.2, 0.25) is 0 Å². The molecule has 0 saturated carbocycles. The number of nitrogens with zero attached hydrogens (tertiary/aromatic N) is 3. The molecule has 0 fully saturated rings. The van der Waals surface area contributed by atoms with Crippen LogP contribution in [0.3, 0.4) is 0 Å². The highest BCUT2D eigenvalue weighted by Crippen LogP contribution is 2.44. The van der Waals surface area contributed by atoms with Gasteiger partial charge in [-0.15, -0.1) is 6.42 Å². The van der Waals surface area contributed by atoms with Gasteiger partial charge in [0.1, 0.15) is 5.69 Å². The van der Waals surface area contributed by atoms with Crippen molar-refractivity contribution < 1.29 is 0 Å². The fourth-order valence-electron chi connectivity index (χ4n) is 10.0. The molecule has 276 valence electrons. The summed E-state index contributed by atoms with van der Waals surface area (Å²) >= 11 is 0. The zero-order chi connectivity index (χ0) is 39.2. The standard InChI is InChI=1S/C56H37N3/c1-3-50-48(34-38-33-37-18-8-9-21-41(37)43-23-11-10-22-42(38)43)47-31-30-46-44-24-12-16-28-53(44)58(55(46)56(47)59(50)51-26-14-7-17-36(51)2)40-29-32-54-49(35-40)45-25-13-15-27-52(45)57(54)39-19-5-4-6-20-39/h1,4-35,42,51H,2H2/b38-34+. The lowest BCUT2D eigenvalue weighted by Gasteiger charge is -2.23. The Kier molecular flexibility index (Phi) is 7.27. The molecule has 9 aromatic rings. The second kappa shape index (κ2) is 12.9. The summed E-state index contributed by atoms with van der Waals surface area (Å²) in [5.41, 5.74) is 13.3. The summed E-state index contributed by atoms with van der Waals surface area (Å²) in [5.74, 6) is 3.34. The second-order valence-electron chi connectivity index (χ2n) is 15.7. The van der Waals surface area contributed by atoms with Gasteiger partial charge in [0.2, 0.25) is 0 Å². The molecule has 3 heterocycles. The van der Waals surface area contributed by atoms with Crippen LogP contribution >= 0.6 is 0 Å². The quantitative estimate of drug-likeness (QED) is 0.159. The van der Waals surface area contributed by atoms with Crippen LogP contribution in [-0.4, -0.2) is 13.7 Å². The van der Waals surface area contributed by atoms with E-state index < -0.39 is 0 Å². The Balaban J connectivity index is 1.20. The average molecular weight is 752 g/mol. The summed E-state index contributed by atoms with van der Waals surface area (Å²) in [6.45, 7) is 4.57. The van der Waals surface area contributed by atoms with Gasteiger partial charge in [0.05, 0.1) is 33.6 Å². The molecule has 0 N–H and O–H groups in total. The van der Waals surface area contributed by atoms with Crippen LogP contribution < -0.4 is 10.4 Å². The van der Waals surface area contributed by atoms with Gasteiger partial charge in [0.15, 0.2) is 0 Å². The van der Waals surface area contributed by atoms with Gasteiger partial charge in [0.25, 0.3) is 0 Å². The van der Waals surface area contributed by atoms with E-state index in [4.69, 9.17) is 6.42 Å². The molecule has 12 rings (SSSR count). The van der Waals surface area contributed by atoms with Crippen molar-refractivity contribution in [1.29, 1.82) is 0 Å². The second-order valence-corrected chi connectivity index (χ2v) is 15.7. The number of hydrogen-bond acceptors (Lipinski definition) is 0. The number of benzene rings is 6. The van der Waals surface area contributed by atoms with Gasteiger partial charge >= 0.3 is 0 Å². The zero-order valence-electron chi connectivity index (χ0n) is 32.3. The van der Waals surface area contributed by atoms with Crippen molar-refractivity contribution in [3.8, 4) is 23.7 Å². The third kappa shape index (κ3) is 4.84. The molecule has 59 heavy (non-hydrogen) atoms. The molecule has 0 saturated heterocycles. The summed E-state index contributed by atoms with van der Waals surface area (Å²) < 4.78 is 7.21. The lowest BCUT2D eigenvalue weighted by molar-refractivity contribution is 0.719. The maximum absolute atomic E-state index is 6.69. The van der Waals surface area contributed by atoms with Crippen LogP contribution in [0.15, 0.2) is 200 Å². The highest BCUT2D eigenvalue weighted by molar-refractivity contribution is 6.20.